The van der Waals surface area contributed by atoms with Crippen LogP contribution >= 0.6 is 0 Å². The monoisotopic (exact) mass is 260 g/mol. The first-order valence-corrected chi connectivity index (χ1v) is 7.87. The molecule has 2 rings (SSSR count). The molecule has 0 radical (unpaired) electrons. The van der Waals surface area contributed by atoms with Crippen LogP contribution in [0.1, 0.15) is 45.4 Å². The quantitative estimate of drug-likeness (QED) is 0.807. The van der Waals surface area contributed by atoms with Gasteiger partial charge in [-0.25, -0.2) is 0 Å². The Hall–Kier alpha value is -1.02. The van der Waals surface area contributed by atoms with Crippen LogP contribution in [0.25, 0.3) is 0 Å². The van der Waals surface area contributed by atoms with Crippen molar-refractivity contribution in [1.82, 2.24) is 0 Å². The van der Waals surface area contributed by atoms with E-state index in [1.165, 1.54) is 44.2 Å². The van der Waals surface area contributed by atoms with Crippen molar-refractivity contribution in [3.05, 3.63) is 30.3 Å². The van der Waals surface area contributed by atoms with Gasteiger partial charge in [0.25, 0.3) is 0 Å². The molecule has 1 saturated carbocycles. The predicted octanol–water partition coefficient (Wildman–Crippen LogP) is 3.81. The van der Waals surface area contributed by atoms with Gasteiger partial charge in [0.2, 0.25) is 0 Å². The summed E-state index contributed by atoms with van der Waals surface area (Å²) in [6.07, 6.45) is 7.89. The van der Waals surface area contributed by atoms with Crippen LogP contribution in [0.15, 0.2) is 30.3 Å². The molecule has 1 fully saturated rings. The summed E-state index contributed by atoms with van der Waals surface area (Å²) < 4.78 is 0. The summed E-state index contributed by atoms with van der Waals surface area (Å²) in [6, 6.07) is 11.1. The molecule has 2 heteroatoms. The second-order valence-corrected chi connectivity index (χ2v) is 5.84. The Kier molecular flexibility index (Phi) is 5.71. The third-order valence-electron chi connectivity index (χ3n) is 4.34. The van der Waals surface area contributed by atoms with Crippen LogP contribution in [-0.4, -0.2) is 19.1 Å². The standard InChI is InChI=1S/C17H28N2/c1-2-3-13-19(16-11-5-4-6-12-16)14-17(18)15-9-7-8-10-15/h4-6,11-12,15,17H,2-3,7-10,13-14,18H2,1H3. The molecule has 0 bridgehead atoms. The van der Waals surface area contributed by atoms with Gasteiger partial charge >= 0.3 is 0 Å². The van der Waals surface area contributed by atoms with E-state index in [2.05, 4.69) is 42.2 Å². The maximum absolute atomic E-state index is 6.45. The topological polar surface area (TPSA) is 29.3 Å². The molecule has 1 atom stereocenters. The maximum Gasteiger partial charge on any atom is 0.0366 e. The number of rotatable bonds is 7. The third-order valence-corrected chi connectivity index (χ3v) is 4.34. The lowest BCUT2D eigenvalue weighted by Gasteiger charge is -2.30. The summed E-state index contributed by atoms with van der Waals surface area (Å²) in [6.45, 7) is 4.38. The summed E-state index contributed by atoms with van der Waals surface area (Å²) in [5.74, 6) is 0.743. The highest BCUT2D eigenvalue weighted by molar-refractivity contribution is 5.46. The van der Waals surface area contributed by atoms with E-state index >= 15 is 0 Å². The second kappa shape index (κ2) is 7.54. The molecule has 0 amide bonds. The fourth-order valence-electron chi connectivity index (χ4n) is 3.10. The molecule has 0 saturated heterocycles. The summed E-state index contributed by atoms with van der Waals surface area (Å²) in [7, 11) is 0. The van der Waals surface area contributed by atoms with Crippen LogP contribution in [0.4, 0.5) is 5.69 Å². The van der Waals surface area contributed by atoms with E-state index in [1.54, 1.807) is 0 Å². The van der Waals surface area contributed by atoms with Crippen LogP contribution in [0.2, 0.25) is 0 Å². The van der Waals surface area contributed by atoms with Gasteiger partial charge in [-0.1, -0.05) is 44.4 Å². The van der Waals surface area contributed by atoms with Crippen LogP contribution in [0.5, 0.6) is 0 Å². The Morgan fingerprint density at radius 1 is 1.21 bits per heavy atom. The van der Waals surface area contributed by atoms with E-state index in [0.29, 0.717) is 6.04 Å². The van der Waals surface area contributed by atoms with Crippen molar-refractivity contribution in [3.8, 4) is 0 Å². The highest BCUT2D eigenvalue weighted by atomic mass is 15.1. The SMILES string of the molecule is CCCCN(CC(N)C1CCCC1)c1ccccc1. The lowest BCUT2D eigenvalue weighted by molar-refractivity contribution is 0.426. The molecule has 1 aliphatic rings. The molecule has 1 aliphatic carbocycles. The number of hydrogen-bond donors (Lipinski definition) is 1. The highest BCUT2D eigenvalue weighted by Crippen LogP contribution is 2.28. The highest BCUT2D eigenvalue weighted by Gasteiger charge is 2.23. The minimum absolute atomic E-state index is 0.333. The van der Waals surface area contributed by atoms with E-state index in [9.17, 15) is 0 Å². The van der Waals surface area contributed by atoms with Crippen LogP contribution in [0.3, 0.4) is 0 Å². The first-order valence-electron chi connectivity index (χ1n) is 7.87. The van der Waals surface area contributed by atoms with Crippen molar-refractivity contribution >= 4 is 5.69 Å². The summed E-state index contributed by atoms with van der Waals surface area (Å²) in [5.41, 5.74) is 7.77. The van der Waals surface area contributed by atoms with Gasteiger partial charge < -0.3 is 10.6 Å². The van der Waals surface area contributed by atoms with E-state index in [1.807, 2.05) is 0 Å². The van der Waals surface area contributed by atoms with Gasteiger partial charge in [-0.2, -0.15) is 0 Å². The van der Waals surface area contributed by atoms with Gasteiger partial charge in [-0.15, -0.1) is 0 Å². The lowest BCUT2D eigenvalue weighted by atomic mass is 9.98. The number of anilines is 1. The van der Waals surface area contributed by atoms with Gasteiger partial charge in [-0.3, -0.25) is 0 Å². The fraction of sp³-hybridized carbons (Fsp3) is 0.647. The molecule has 1 unspecified atom stereocenters. The van der Waals surface area contributed by atoms with Crippen LogP contribution in [-0.2, 0) is 0 Å². The smallest absolute Gasteiger partial charge is 0.0366 e. The Morgan fingerprint density at radius 2 is 1.89 bits per heavy atom. The molecule has 0 heterocycles. The van der Waals surface area contributed by atoms with Crippen LogP contribution in [0, 0.1) is 5.92 Å². The molecule has 19 heavy (non-hydrogen) atoms. The first-order chi connectivity index (χ1) is 9.31. The Labute approximate surface area is 118 Å². The van der Waals surface area contributed by atoms with Gasteiger partial charge in [0.1, 0.15) is 0 Å². The van der Waals surface area contributed by atoms with Crippen molar-refractivity contribution in [2.45, 2.75) is 51.5 Å². The van der Waals surface area contributed by atoms with Crippen molar-refractivity contribution in [2.24, 2.45) is 11.7 Å². The Balaban J connectivity index is 1.96. The Bertz CT molecular complexity index is 344. The van der Waals surface area contributed by atoms with Gasteiger partial charge in [-0.05, 0) is 37.3 Å². The molecule has 0 spiro atoms. The molecule has 1 aromatic carbocycles. The van der Waals surface area contributed by atoms with Gasteiger partial charge in [0.05, 0.1) is 0 Å². The third kappa shape index (κ3) is 4.24. The average Bonchev–Trinajstić information content (AvgIpc) is 2.98. The largest absolute Gasteiger partial charge is 0.370 e. The normalized spacial score (nSPS) is 17.6. The minimum Gasteiger partial charge on any atom is -0.370 e. The van der Waals surface area contributed by atoms with Gasteiger partial charge in [0.15, 0.2) is 0 Å². The second-order valence-electron chi connectivity index (χ2n) is 5.84. The van der Waals surface area contributed by atoms with Crippen molar-refractivity contribution < 1.29 is 0 Å². The molecular weight excluding hydrogens is 232 g/mol. The average molecular weight is 260 g/mol. The molecule has 106 valence electrons. The zero-order chi connectivity index (χ0) is 13.5. The van der Waals surface area contributed by atoms with E-state index in [4.69, 9.17) is 5.73 Å². The fourth-order valence-corrected chi connectivity index (χ4v) is 3.10. The number of benzene rings is 1. The zero-order valence-corrected chi connectivity index (χ0v) is 12.2. The lowest BCUT2D eigenvalue weighted by Crippen LogP contribution is -2.42. The molecule has 0 aromatic heterocycles. The number of nitrogens with zero attached hydrogens (tertiary/aromatic N) is 1. The number of unbranched alkanes of at least 4 members (excludes halogenated alkanes) is 1. The maximum atomic E-state index is 6.45. The summed E-state index contributed by atoms with van der Waals surface area (Å²) in [4.78, 5) is 2.48. The van der Waals surface area contributed by atoms with E-state index in [0.717, 1.165) is 19.0 Å². The number of nitrogens with two attached hydrogens (primary N) is 1. The Morgan fingerprint density at radius 3 is 2.53 bits per heavy atom. The molecule has 0 aliphatic heterocycles. The predicted molar refractivity (Wildman–Crippen MR) is 83.5 cm³/mol. The molecule has 2 N–H and O–H groups in total. The first kappa shape index (κ1) is 14.4. The summed E-state index contributed by atoms with van der Waals surface area (Å²) in [5, 5.41) is 0. The van der Waals surface area contributed by atoms with E-state index in [-0.39, 0.29) is 0 Å². The van der Waals surface area contributed by atoms with Crippen molar-refractivity contribution in [1.29, 1.82) is 0 Å². The van der Waals surface area contributed by atoms with Crippen LogP contribution < -0.4 is 10.6 Å². The minimum atomic E-state index is 0.333. The van der Waals surface area contributed by atoms with Crippen molar-refractivity contribution in [3.63, 3.8) is 0 Å². The molecule has 2 nitrogen and oxygen atoms in total. The molecule has 1 aromatic rings. The van der Waals surface area contributed by atoms with E-state index < -0.39 is 0 Å². The number of para-hydroxylation sites is 1. The van der Waals surface area contributed by atoms with Gasteiger partial charge in [0, 0.05) is 24.8 Å². The van der Waals surface area contributed by atoms with Crippen molar-refractivity contribution in [2.75, 3.05) is 18.0 Å². The summed E-state index contributed by atoms with van der Waals surface area (Å²) >= 11 is 0. The number of hydrogen-bond acceptors (Lipinski definition) is 2. The molecular formula is C17H28N2. The zero-order valence-electron chi connectivity index (χ0n) is 12.2.